The molecule has 5 aromatic rings. The van der Waals surface area contributed by atoms with Crippen molar-refractivity contribution >= 4 is 38.7 Å². The lowest BCUT2D eigenvalue weighted by Crippen LogP contribution is -1.99. The van der Waals surface area contributed by atoms with E-state index in [0.29, 0.717) is 0 Å². The predicted molar refractivity (Wildman–Crippen MR) is 124 cm³/mol. The minimum atomic E-state index is 1.04. The van der Waals surface area contributed by atoms with Crippen LogP contribution in [-0.4, -0.2) is 4.57 Å². The first-order valence-corrected chi connectivity index (χ1v) is 10.5. The number of para-hydroxylation sites is 1. The van der Waals surface area contributed by atoms with Gasteiger partial charge in [0, 0.05) is 28.7 Å². The Hall–Kier alpha value is -3.32. The molecule has 2 aliphatic carbocycles. The second kappa shape index (κ2) is 5.39. The van der Waals surface area contributed by atoms with E-state index in [9.17, 15) is 0 Å². The van der Waals surface area contributed by atoms with Crippen LogP contribution in [-0.2, 0) is 19.9 Å². The Labute approximate surface area is 169 Å². The van der Waals surface area contributed by atoms with E-state index in [1.165, 1.54) is 66.0 Å². The van der Waals surface area contributed by atoms with Crippen LogP contribution in [0.15, 0.2) is 66.7 Å². The van der Waals surface area contributed by atoms with Gasteiger partial charge in [-0.3, -0.25) is 0 Å². The highest BCUT2D eigenvalue weighted by molar-refractivity contribution is 6.22. The molecule has 0 unspecified atom stereocenters. The lowest BCUT2D eigenvalue weighted by atomic mass is 9.86. The summed E-state index contributed by atoms with van der Waals surface area (Å²) in [5, 5.41) is 5.66. The third kappa shape index (κ3) is 1.90. The molecule has 2 aliphatic rings. The molecular weight excluding hydrogens is 350 g/mol. The number of aromatic nitrogens is 1. The second-order valence-electron chi connectivity index (χ2n) is 8.52. The molecule has 1 nitrogen and oxygen atoms in total. The molecule has 29 heavy (non-hydrogen) atoms. The quantitative estimate of drug-likeness (QED) is 0.270. The summed E-state index contributed by atoms with van der Waals surface area (Å²) in [7, 11) is 2.23. The van der Waals surface area contributed by atoms with E-state index in [0.717, 1.165) is 19.3 Å². The minimum Gasteiger partial charge on any atom is -0.343 e. The monoisotopic (exact) mass is 371 g/mol. The number of allylic oxidation sites excluding steroid dienone is 1. The Morgan fingerprint density at radius 1 is 0.793 bits per heavy atom. The zero-order chi connectivity index (χ0) is 19.1. The topological polar surface area (TPSA) is 4.93 Å². The Balaban J connectivity index is 1.73. The molecule has 0 radical (unpaired) electrons. The summed E-state index contributed by atoms with van der Waals surface area (Å²) in [6.07, 6.45) is 8.01. The number of benzene rings is 4. The van der Waals surface area contributed by atoms with Gasteiger partial charge in [-0.1, -0.05) is 54.6 Å². The summed E-state index contributed by atoms with van der Waals surface area (Å²) in [5.41, 5.74) is 11.4. The van der Waals surface area contributed by atoms with Crippen molar-refractivity contribution < 1.29 is 0 Å². The van der Waals surface area contributed by atoms with E-state index >= 15 is 0 Å². The first-order valence-electron chi connectivity index (χ1n) is 10.5. The zero-order valence-electron chi connectivity index (χ0n) is 16.5. The van der Waals surface area contributed by atoms with Crippen LogP contribution in [0.3, 0.4) is 0 Å². The van der Waals surface area contributed by atoms with E-state index in [1.54, 1.807) is 0 Å². The molecule has 0 amide bonds. The number of nitrogens with zero attached hydrogens (tertiary/aromatic N) is 1. The van der Waals surface area contributed by atoms with Gasteiger partial charge in [-0.05, 0) is 76.2 Å². The normalized spacial score (nSPS) is 14.5. The molecule has 0 fully saturated rings. The van der Waals surface area contributed by atoms with Crippen molar-refractivity contribution in [2.45, 2.75) is 19.3 Å². The molecule has 1 heteroatoms. The van der Waals surface area contributed by atoms with Crippen molar-refractivity contribution in [2.75, 3.05) is 0 Å². The summed E-state index contributed by atoms with van der Waals surface area (Å²) in [4.78, 5) is 0. The number of fused-ring (bicyclic) bond motifs is 11. The fraction of sp³-hybridized carbons (Fsp3) is 0.143. The molecule has 1 heterocycles. The van der Waals surface area contributed by atoms with Gasteiger partial charge >= 0.3 is 0 Å². The SMILES string of the molecule is Cn1c2ccccc2c2c3c(c4cc5c(cc4c21)Cc1ccccc1-5)C=CCC3. The molecule has 0 saturated carbocycles. The van der Waals surface area contributed by atoms with Gasteiger partial charge in [0.2, 0.25) is 0 Å². The average molecular weight is 371 g/mol. The maximum atomic E-state index is 2.48. The highest BCUT2D eigenvalue weighted by Crippen LogP contribution is 2.45. The van der Waals surface area contributed by atoms with Crippen LogP contribution in [0, 0.1) is 0 Å². The van der Waals surface area contributed by atoms with E-state index < -0.39 is 0 Å². The lowest BCUT2D eigenvalue weighted by Gasteiger charge is -2.18. The molecule has 0 N–H and O–H groups in total. The van der Waals surface area contributed by atoms with E-state index in [1.807, 2.05) is 0 Å². The van der Waals surface area contributed by atoms with Gasteiger partial charge in [0.15, 0.2) is 0 Å². The summed E-state index contributed by atoms with van der Waals surface area (Å²) in [6.45, 7) is 0. The Kier molecular flexibility index (Phi) is 2.90. The molecule has 4 aromatic carbocycles. The largest absolute Gasteiger partial charge is 0.343 e. The highest BCUT2D eigenvalue weighted by Gasteiger charge is 2.24. The fourth-order valence-electron chi connectivity index (χ4n) is 5.79. The van der Waals surface area contributed by atoms with Gasteiger partial charge in [0.1, 0.15) is 0 Å². The first-order chi connectivity index (χ1) is 14.3. The van der Waals surface area contributed by atoms with Crippen LogP contribution in [0.1, 0.15) is 28.7 Å². The highest BCUT2D eigenvalue weighted by atomic mass is 14.9. The number of rotatable bonds is 0. The van der Waals surface area contributed by atoms with Crippen molar-refractivity contribution in [3.8, 4) is 11.1 Å². The molecule has 1 aromatic heterocycles. The lowest BCUT2D eigenvalue weighted by molar-refractivity contribution is 0.995. The zero-order valence-corrected chi connectivity index (χ0v) is 16.5. The van der Waals surface area contributed by atoms with Gasteiger partial charge in [0.25, 0.3) is 0 Å². The first kappa shape index (κ1) is 15.6. The summed E-state index contributed by atoms with van der Waals surface area (Å²) >= 11 is 0. The van der Waals surface area contributed by atoms with E-state index in [2.05, 4.69) is 84.4 Å². The summed E-state index contributed by atoms with van der Waals surface area (Å²) in [6, 6.07) is 22.7. The summed E-state index contributed by atoms with van der Waals surface area (Å²) in [5.74, 6) is 0. The second-order valence-corrected chi connectivity index (χ2v) is 8.52. The van der Waals surface area contributed by atoms with Crippen molar-refractivity contribution in [1.29, 1.82) is 0 Å². The third-order valence-electron chi connectivity index (χ3n) is 7.06. The Morgan fingerprint density at radius 3 is 2.62 bits per heavy atom. The van der Waals surface area contributed by atoms with Crippen molar-refractivity contribution in [1.82, 2.24) is 4.57 Å². The third-order valence-corrected chi connectivity index (χ3v) is 7.06. The van der Waals surface area contributed by atoms with Crippen molar-refractivity contribution in [3.05, 3.63) is 89.0 Å². The van der Waals surface area contributed by atoms with Crippen LogP contribution >= 0.6 is 0 Å². The van der Waals surface area contributed by atoms with Crippen molar-refractivity contribution in [2.24, 2.45) is 7.05 Å². The van der Waals surface area contributed by atoms with E-state index in [4.69, 9.17) is 0 Å². The van der Waals surface area contributed by atoms with E-state index in [-0.39, 0.29) is 0 Å². The standard InChI is InChI=1S/C28H21N/c1-29-26-13-7-6-12-22(26)27-21-11-5-4-10-20(21)24-16-23-18(15-25(24)28(27)29)14-17-8-2-3-9-19(17)23/h2-4,6-10,12-13,15-16H,5,11,14H2,1H3. The van der Waals surface area contributed by atoms with Crippen LogP contribution in [0.5, 0.6) is 0 Å². The maximum Gasteiger partial charge on any atom is 0.0571 e. The molecular formula is C28H21N. The van der Waals surface area contributed by atoms with Gasteiger partial charge in [-0.15, -0.1) is 0 Å². The smallest absolute Gasteiger partial charge is 0.0571 e. The Bertz CT molecular complexity index is 1530. The van der Waals surface area contributed by atoms with Gasteiger partial charge in [-0.2, -0.15) is 0 Å². The minimum absolute atomic E-state index is 1.04. The maximum absolute atomic E-state index is 2.48. The van der Waals surface area contributed by atoms with Crippen LogP contribution in [0.4, 0.5) is 0 Å². The molecule has 0 atom stereocenters. The molecule has 7 rings (SSSR count). The van der Waals surface area contributed by atoms with Gasteiger partial charge < -0.3 is 4.57 Å². The number of hydrogen-bond acceptors (Lipinski definition) is 0. The van der Waals surface area contributed by atoms with Crippen LogP contribution in [0.2, 0.25) is 0 Å². The van der Waals surface area contributed by atoms with Crippen LogP contribution < -0.4 is 0 Å². The van der Waals surface area contributed by atoms with Gasteiger partial charge in [0.05, 0.1) is 5.52 Å². The molecule has 0 aliphatic heterocycles. The van der Waals surface area contributed by atoms with Gasteiger partial charge in [-0.25, -0.2) is 0 Å². The molecule has 0 spiro atoms. The predicted octanol–water partition coefficient (Wildman–Crippen LogP) is 7.02. The number of hydrogen-bond donors (Lipinski definition) is 0. The number of aryl methyl sites for hydroxylation is 2. The summed E-state index contributed by atoms with van der Waals surface area (Å²) < 4.78 is 2.42. The average Bonchev–Trinajstić information content (AvgIpc) is 3.28. The fourth-order valence-corrected chi connectivity index (χ4v) is 5.79. The molecule has 138 valence electrons. The van der Waals surface area contributed by atoms with Crippen molar-refractivity contribution in [3.63, 3.8) is 0 Å². The molecule has 0 saturated heterocycles. The Morgan fingerprint density at radius 2 is 1.66 bits per heavy atom. The van der Waals surface area contributed by atoms with Crippen LogP contribution in [0.25, 0.3) is 49.8 Å². The molecule has 0 bridgehead atoms.